The summed E-state index contributed by atoms with van der Waals surface area (Å²) in [6, 6.07) is 4.47. The molecule has 0 unspecified atom stereocenters. The van der Waals surface area contributed by atoms with Crippen LogP contribution in [0.5, 0.6) is 5.88 Å². The van der Waals surface area contributed by atoms with E-state index in [9.17, 15) is 0 Å². The van der Waals surface area contributed by atoms with Crippen LogP contribution in [0, 0.1) is 0 Å². The molecule has 1 heterocycles. The second-order valence-corrected chi connectivity index (χ2v) is 5.08. The quantitative estimate of drug-likeness (QED) is 0.460. The highest BCUT2D eigenvalue weighted by molar-refractivity contribution is 14.0. The molecule has 118 valence electrons. The SMILES string of the molecule is CN=C(NCc1cccnc1OC)NC1CCCCC1.I. The molecule has 1 aliphatic carbocycles. The fraction of sp³-hybridized carbons (Fsp3) is 0.600. The topological polar surface area (TPSA) is 58.5 Å². The van der Waals surface area contributed by atoms with Crippen molar-refractivity contribution in [3.05, 3.63) is 23.9 Å². The molecule has 1 saturated carbocycles. The van der Waals surface area contributed by atoms with Gasteiger partial charge in [0.1, 0.15) is 0 Å². The van der Waals surface area contributed by atoms with Crippen molar-refractivity contribution in [1.82, 2.24) is 15.6 Å². The Morgan fingerprint density at radius 3 is 2.81 bits per heavy atom. The first-order valence-electron chi connectivity index (χ1n) is 7.28. The van der Waals surface area contributed by atoms with Crippen molar-refractivity contribution < 1.29 is 4.74 Å². The molecular weight excluding hydrogens is 379 g/mol. The van der Waals surface area contributed by atoms with Gasteiger partial charge in [0.15, 0.2) is 5.96 Å². The van der Waals surface area contributed by atoms with E-state index < -0.39 is 0 Å². The lowest BCUT2D eigenvalue weighted by molar-refractivity contribution is 0.391. The number of aromatic nitrogens is 1. The lowest BCUT2D eigenvalue weighted by Crippen LogP contribution is -2.43. The van der Waals surface area contributed by atoms with E-state index in [1.807, 2.05) is 12.1 Å². The number of hydrogen-bond acceptors (Lipinski definition) is 3. The van der Waals surface area contributed by atoms with Gasteiger partial charge in [-0.2, -0.15) is 0 Å². The highest BCUT2D eigenvalue weighted by Gasteiger charge is 2.14. The second-order valence-electron chi connectivity index (χ2n) is 5.08. The Labute approximate surface area is 144 Å². The summed E-state index contributed by atoms with van der Waals surface area (Å²) in [6.45, 7) is 0.656. The molecule has 0 saturated heterocycles. The zero-order valence-corrected chi connectivity index (χ0v) is 15.1. The van der Waals surface area contributed by atoms with Crippen LogP contribution >= 0.6 is 24.0 Å². The molecule has 21 heavy (non-hydrogen) atoms. The fourth-order valence-electron chi connectivity index (χ4n) is 2.56. The molecule has 6 heteroatoms. The molecule has 2 N–H and O–H groups in total. The smallest absolute Gasteiger partial charge is 0.218 e. The molecule has 0 atom stereocenters. The maximum atomic E-state index is 5.25. The molecule has 0 amide bonds. The van der Waals surface area contributed by atoms with Crippen molar-refractivity contribution in [2.24, 2.45) is 4.99 Å². The zero-order valence-electron chi connectivity index (χ0n) is 12.8. The van der Waals surface area contributed by atoms with Gasteiger partial charge < -0.3 is 15.4 Å². The molecule has 5 nitrogen and oxygen atoms in total. The van der Waals surface area contributed by atoms with Crippen LogP contribution in [-0.2, 0) is 6.54 Å². The van der Waals surface area contributed by atoms with E-state index in [2.05, 4.69) is 20.6 Å². The minimum absolute atomic E-state index is 0. The Morgan fingerprint density at radius 2 is 2.14 bits per heavy atom. The van der Waals surface area contributed by atoms with Gasteiger partial charge in [0.25, 0.3) is 0 Å². The van der Waals surface area contributed by atoms with E-state index in [0.29, 0.717) is 18.5 Å². The Bertz CT molecular complexity index is 447. The first-order valence-corrected chi connectivity index (χ1v) is 7.28. The van der Waals surface area contributed by atoms with E-state index in [1.54, 1.807) is 20.4 Å². The van der Waals surface area contributed by atoms with Crippen LogP contribution in [0.25, 0.3) is 0 Å². The Hall–Kier alpha value is -1.05. The highest BCUT2D eigenvalue weighted by atomic mass is 127. The molecule has 2 rings (SSSR count). The normalized spacial score (nSPS) is 16.0. The van der Waals surface area contributed by atoms with Gasteiger partial charge in [0.2, 0.25) is 5.88 Å². The number of nitrogens with one attached hydrogen (secondary N) is 2. The van der Waals surface area contributed by atoms with Crippen LogP contribution in [0.4, 0.5) is 0 Å². The van der Waals surface area contributed by atoms with Gasteiger partial charge in [-0.05, 0) is 18.9 Å². The highest BCUT2D eigenvalue weighted by Crippen LogP contribution is 2.17. The molecule has 1 aliphatic rings. The maximum Gasteiger partial charge on any atom is 0.218 e. The van der Waals surface area contributed by atoms with Crippen molar-refractivity contribution in [3.8, 4) is 5.88 Å². The predicted molar refractivity (Wildman–Crippen MR) is 96.4 cm³/mol. The van der Waals surface area contributed by atoms with Gasteiger partial charge in [0, 0.05) is 31.4 Å². The number of pyridine rings is 1. The van der Waals surface area contributed by atoms with Crippen molar-refractivity contribution >= 4 is 29.9 Å². The predicted octanol–water partition coefficient (Wildman–Crippen LogP) is 2.71. The van der Waals surface area contributed by atoms with E-state index in [-0.39, 0.29) is 24.0 Å². The summed E-state index contributed by atoms with van der Waals surface area (Å²) in [6.07, 6.45) is 8.18. The van der Waals surface area contributed by atoms with Gasteiger partial charge in [-0.3, -0.25) is 4.99 Å². The number of ether oxygens (including phenoxy) is 1. The third-order valence-corrected chi connectivity index (χ3v) is 3.66. The van der Waals surface area contributed by atoms with Gasteiger partial charge in [-0.15, -0.1) is 24.0 Å². The van der Waals surface area contributed by atoms with Crippen LogP contribution in [0.15, 0.2) is 23.3 Å². The second kappa shape index (κ2) is 9.81. The van der Waals surface area contributed by atoms with Gasteiger partial charge in [-0.1, -0.05) is 25.3 Å². The lowest BCUT2D eigenvalue weighted by atomic mass is 9.96. The van der Waals surface area contributed by atoms with Crippen LogP contribution in [-0.4, -0.2) is 31.1 Å². The summed E-state index contributed by atoms with van der Waals surface area (Å²) in [5.41, 5.74) is 1.03. The number of halogens is 1. The summed E-state index contributed by atoms with van der Waals surface area (Å²) in [4.78, 5) is 8.48. The molecule has 0 aliphatic heterocycles. The maximum absolute atomic E-state index is 5.25. The molecular formula is C15H25IN4O. The number of guanidine groups is 1. The van der Waals surface area contributed by atoms with Gasteiger partial charge >= 0.3 is 0 Å². The summed E-state index contributed by atoms with van der Waals surface area (Å²) in [5, 5.41) is 6.82. The van der Waals surface area contributed by atoms with Gasteiger partial charge in [-0.25, -0.2) is 4.98 Å². The van der Waals surface area contributed by atoms with E-state index in [0.717, 1.165) is 11.5 Å². The Kier molecular flexibility index (Phi) is 8.41. The molecule has 1 aromatic heterocycles. The molecule has 1 aromatic rings. The summed E-state index contributed by atoms with van der Waals surface area (Å²) in [5.74, 6) is 1.51. The summed E-state index contributed by atoms with van der Waals surface area (Å²) < 4.78 is 5.25. The molecule has 0 bridgehead atoms. The lowest BCUT2D eigenvalue weighted by Gasteiger charge is -2.25. The van der Waals surface area contributed by atoms with Crippen molar-refractivity contribution in [3.63, 3.8) is 0 Å². The van der Waals surface area contributed by atoms with Gasteiger partial charge in [0.05, 0.1) is 7.11 Å². The first-order chi connectivity index (χ1) is 9.83. The van der Waals surface area contributed by atoms with E-state index in [4.69, 9.17) is 4.74 Å². The molecule has 0 radical (unpaired) electrons. The average Bonchev–Trinajstić information content (AvgIpc) is 2.52. The molecule has 1 fully saturated rings. The Morgan fingerprint density at radius 1 is 1.38 bits per heavy atom. The van der Waals surface area contributed by atoms with Crippen molar-refractivity contribution in [2.75, 3.05) is 14.2 Å². The zero-order chi connectivity index (χ0) is 14.2. The van der Waals surface area contributed by atoms with Crippen LogP contribution in [0.1, 0.15) is 37.7 Å². The minimum Gasteiger partial charge on any atom is -0.481 e. The third-order valence-electron chi connectivity index (χ3n) is 3.66. The third kappa shape index (κ3) is 5.68. The van der Waals surface area contributed by atoms with Crippen LogP contribution in [0.2, 0.25) is 0 Å². The number of methoxy groups -OCH3 is 1. The number of hydrogen-bond donors (Lipinski definition) is 2. The van der Waals surface area contributed by atoms with Crippen LogP contribution in [0.3, 0.4) is 0 Å². The molecule has 0 aromatic carbocycles. The van der Waals surface area contributed by atoms with E-state index >= 15 is 0 Å². The monoisotopic (exact) mass is 404 g/mol. The summed E-state index contributed by atoms with van der Waals surface area (Å²) >= 11 is 0. The standard InChI is InChI=1S/C15H24N4O.HI/c1-16-15(19-13-8-4-3-5-9-13)18-11-12-7-6-10-17-14(12)20-2;/h6-7,10,13H,3-5,8-9,11H2,1-2H3,(H2,16,18,19);1H. The van der Waals surface area contributed by atoms with Crippen molar-refractivity contribution in [2.45, 2.75) is 44.7 Å². The van der Waals surface area contributed by atoms with Crippen LogP contribution < -0.4 is 15.4 Å². The van der Waals surface area contributed by atoms with Crippen molar-refractivity contribution in [1.29, 1.82) is 0 Å². The number of aliphatic imine (C=N–C) groups is 1. The number of rotatable bonds is 4. The van der Waals surface area contributed by atoms with E-state index in [1.165, 1.54) is 32.1 Å². The largest absolute Gasteiger partial charge is 0.481 e. The summed E-state index contributed by atoms with van der Waals surface area (Å²) in [7, 11) is 3.44. The number of nitrogens with zero attached hydrogens (tertiary/aromatic N) is 2. The minimum atomic E-state index is 0. The average molecular weight is 404 g/mol. The fourth-order valence-corrected chi connectivity index (χ4v) is 2.56. The first kappa shape index (κ1) is 18.0. The Balaban J connectivity index is 0.00000220. The molecule has 0 spiro atoms.